The Hall–Kier alpha value is -3.19. The number of nitrogens with zero attached hydrogens (tertiary/aromatic N) is 1. The van der Waals surface area contributed by atoms with Crippen LogP contribution in [0.2, 0.25) is 0 Å². The van der Waals surface area contributed by atoms with Gasteiger partial charge in [-0.05, 0) is 73.3 Å². The van der Waals surface area contributed by atoms with Crippen LogP contribution < -0.4 is 16.0 Å². The number of carbonyl (C=O) groups excluding carboxylic acids is 3. The molecular weight excluding hydrogens is 524 g/mol. The first kappa shape index (κ1) is 33.3. The fourth-order valence-corrected chi connectivity index (χ4v) is 5.53. The van der Waals surface area contributed by atoms with Crippen LogP contribution in [0.3, 0.4) is 0 Å². The molecular formula is C35H58N4O3. The van der Waals surface area contributed by atoms with Gasteiger partial charge >= 0.3 is 0 Å². The molecule has 0 saturated carbocycles. The molecule has 3 aliphatic rings. The van der Waals surface area contributed by atoms with E-state index in [0.29, 0.717) is 13.0 Å². The summed E-state index contributed by atoms with van der Waals surface area (Å²) in [5, 5.41) is 9.20. The lowest BCUT2D eigenvalue weighted by molar-refractivity contribution is -0.146. The summed E-state index contributed by atoms with van der Waals surface area (Å²) < 4.78 is 0. The maximum Gasteiger partial charge on any atom is 0.246 e. The number of allylic oxidation sites excluding steroid dienone is 3. The van der Waals surface area contributed by atoms with Gasteiger partial charge in [0.15, 0.2) is 0 Å². The summed E-state index contributed by atoms with van der Waals surface area (Å²) in [4.78, 5) is 42.7. The quantitative estimate of drug-likeness (QED) is 0.376. The van der Waals surface area contributed by atoms with E-state index in [1.165, 1.54) is 11.1 Å². The van der Waals surface area contributed by atoms with Crippen molar-refractivity contribution in [2.24, 2.45) is 11.3 Å². The van der Waals surface area contributed by atoms with Crippen molar-refractivity contribution in [3.63, 3.8) is 0 Å². The maximum atomic E-state index is 14.2. The SMILES string of the molecule is CC(C)C.CN[C@@H](C)C(=O)N[C@H](C(=O)N1CC2=C(C=CCC=C2)C[C@H]1C(=O)N[C@@H]1CCCc2ccccc21)C(C)(C)C.[HH].[HH].[HH]. The molecule has 0 unspecified atom stereocenters. The van der Waals surface area contributed by atoms with Gasteiger partial charge in [0.1, 0.15) is 12.1 Å². The zero-order valence-corrected chi connectivity index (χ0v) is 26.9. The molecule has 3 amide bonds. The van der Waals surface area contributed by atoms with Gasteiger partial charge in [-0.2, -0.15) is 0 Å². The van der Waals surface area contributed by atoms with Crippen LogP contribution in [0.4, 0.5) is 0 Å². The third-order valence-corrected chi connectivity index (χ3v) is 7.95. The number of carbonyl (C=O) groups is 3. The first-order chi connectivity index (χ1) is 19.8. The predicted molar refractivity (Wildman–Crippen MR) is 177 cm³/mol. The van der Waals surface area contributed by atoms with Crippen LogP contribution in [0.15, 0.2) is 59.7 Å². The van der Waals surface area contributed by atoms with Gasteiger partial charge < -0.3 is 20.9 Å². The molecule has 0 aromatic heterocycles. The summed E-state index contributed by atoms with van der Waals surface area (Å²) in [6, 6.07) is 6.34. The van der Waals surface area contributed by atoms with Crippen LogP contribution in [-0.2, 0) is 20.8 Å². The number of likely N-dealkylation sites (N-methyl/N-ethyl adjacent to an activating group) is 1. The average molecular weight is 583 g/mol. The zero-order chi connectivity index (χ0) is 31.0. The highest BCUT2D eigenvalue weighted by Crippen LogP contribution is 2.33. The summed E-state index contributed by atoms with van der Waals surface area (Å²) in [7, 11) is 1.71. The minimum Gasteiger partial charge on any atom is -0.347 e. The molecule has 1 heterocycles. The monoisotopic (exact) mass is 582 g/mol. The molecule has 42 heavy (non-hydrogen) atoms. The van der Waals surface area contributed by atoms with E-state index in [9.17, 15) is 14.4 Å². The number of aryl methyl sites for hydroxylation is 1. The highest BCUT2D eigenvalue weighted by Gasteiger charge is 2.43. The molecule has 7 nitrogen and oxygen atoms in total. The van der Waals surface area contributed by atoms with E-state index in [-0.39, 0.29) is 28.0 Å². The van der Waals surface area contributed by atoms with Crippen molar-refractivity contribution >= 4 is 17.7 Å². The number of benzene rings is 1. The number of hydrogen-bond acceptors (Lipinski definition) is 4. The molecule has 0 saturated heterocycles. The Morgan fingerprint density at radius 3 is 2.29 bits per heavy atom. The van der Waals surface area contributed by atoms with Gasteiger partial charge in [-0.1, -0.05) is 90.1 Å². The lowest BCUT2D eigenvalue weighted by atomic mass is 9.83. The van der Waals surface area contributed by atoms with E-state index >= 15 is 0 Å². The van der Waals surface area contributed by atoms with Crippen LogP contribution in [0, 0.1) is 11.3 Å². The van der Waals surface area contributed by atoms with Crippen molar-refractivity contribution in [3.05, 3.63) is 70.8 Å². The first-order valence-corrected chi connectivity index (χ1v) is 15.5. The molecule has 0 bridgehead atoms. The summed E-state index contributed by atoms with van der Waals surface area (Å²) in [5.74, 6) is 0.220. The minimum atomic E-state index is -0.774. The maximum absolute atomic E-state index is 14.2. The van der Waals surface area contributed by atoms with Crippen molar-refractivity contribution < 1.29 is 18.7 Å². The molecule has 0 radical (unpaired) electrons. The van der Waals surface area contributed by atoms with Crippen molar-refractivity contribution in [1.29, 1.82) is 0 Å². The van der Waals surface area contributed by atoms with E-state index in [4.69, 9.17) is 0 Å². The Morgan fingerprint density at radius 2 is 1.64 bits per heavy atom. The Morgan fingerprint density at radius 1 is 1.00 bits per heavy atom. The van der Waals surface area contributed by atoms with Crippen molar-refractivity contribution in [3.8, 4) is 0 Å². The number of rotatable bonds is 6. The minimum absolute atomic E-state index is 0. The van der Waals surface area contributed by atoms with Gasteiger partial charge in [0, 0.05) is 17.2 Å². The normalized spacial score (nSPS) is 21.3. The fourth-order valence-electron chi connectivity index (χ4n) is 5.53. The summed E-state index contributed by atoms with van der Waals surface area (Å²) in [6.45, 7) is 14.4. The van der Waals surface area contributed by atoms with Crippen LogP contribution >= 0.6 is 0 Å². The molecule has 236 valence electrons. The van der Waals surface area contributed by atoms with E-state index in [0.717, 1.165) is 42.7 Å². The number of hydrogen-bond donors (Lipinski definition) is 3. The Labute approximate surface area is 257 Å². The van der Waals surface area contributed by atoms with Crippen molar-refractivity contribution in [2.45, 2.75) is 105 Å². The van der Waals surface area contributed by atoms with Crippen molar-refractivity contribution in [2.75, 3.05) is 13.6 Å². The smallest absolute Gasteiger partial charge is 0.246 e. The van der Waals surface area contributed by atoms with Gasteiger partial charge in [0.2, 0.25) is 17.7 Å². The first-order valence-electron chi connectivity index (χ1n) is 15.5. The summed E-state index contributed by atoms with van der Waals surface area (Å²) >= 11 is 0. The Bertz CT molecular complexity index is 1220. The molecule has 2 aliphatic carbocycles. The Balaban J connectivity index is 0.00000261. The largest absolute Gasteiger partial charge is 0.347 e. The molecule has 1 aromatic carbocycles. The van der Waals surface area contributed by atoms with Crippen LogP contribution in [0.1, 0.15) is 95.6 Å². The third kappa shape index (κ3) is 8.66. The number of amides is 3. The molecule has 0 fully saturated rings. The fraction of sp³-hybridized carbons (Fsp3) is 0.571. The number of fused-ring (bicyclic) bond motifs is 1. The lowest BCUT2D eigenvalue weighted by Crippen LogP contribution is -2.62. The summed E-state index contributed by atoms with van der Waals surface area (Å²) in [5.41, 5.74) is 4.03. The van der Waals surface area contributed by atoms with Gasteiger partial charge in [0.05, 0.1) is 12.1 Å². The highest BCUT2D eigenvalue weighted by atomic mass is 16.2. The van der Waals surface area contributed by atoms with Crippen molar-refractivity contribution in [1.82, 2.24) is 20.9 Å². The zero-order valence-electron chi connectivity index (χ0n) is 26.9. The summed E-state index contributed by atoms with van der Waals surface area (Å²) in [6.07, 6.45) is 12.5. The standard InChI is InChI=1S/C31H42N4O3.C4H10.3H2/c1-20(32-5)28(36)34-27(31(2,3)4)30(38)35-19-23-14-8-6-7-13-22(23)18-26(35)29(37)33-25-17-11-15-21-12-9-10-16-24(21)25;1-4(2)3;;;/h7-10,12-14,16,20,25-27,32H,6,11,15,17-19H2,1-5H3,(H,33,37)(H,34,36);4H,1-3H3;3*1H/t20-,25+,26-,27+;;;;/m0..../s1. The Kier molecular flexibility index (Phi) is 11.7. The lowest BCUT2D eigenvalue weighted by Gasteiger charge is -2.42. The van der Waals surface area contributed by atoms with Gasteiger partial charge in [0.25, 0.3) is 0 Å². The molecule has 0 spiro atoms. The van der Waals surface area contributed by atoms with Crippen LogP contribution in [-0.4, -0.2) is 54.3 Å². The molecule has 1 aliphatic heterocycles. The van der Waals surface area contributed by atoms with E-state index in [1.807, 2.05) is 32.9 Å². The van der Waals surface area contributed by atoms with E-state index in [1.54, 1.807) is 18.9 Å². The van der Waals surface area contributed by atoms with Gasteiger partial charge in [-0.15, -0.1) is 0 Å². The topological polar surface area (TPSA) is 90.5 Å². The highest BCUT2D eigenvalue weighted by molar-refractivity contribution is 5.94. The molecule has 4 rings (SSSR count). The predicted octanol–water partition coefficient (Wildman–Crippen LogP) is 6.13. The second kappa shape index (κ2) is 14.8. The average Bonchev–Trinajstić information content (AvgIpc) is 3.18. The third-order valence-electron chi connectivity index (χ3n) is 7.95. The van der Waals surface area contributed by atoms with Crippen LogP contribution in [0.25, 0.3) is 0 Å². The molecule has 7 heteroatoms. The van der Waals surface area contributed by atoms with E-state index in [2.05, 4.69) is 73.2 Å². The number of nitrogens with one attached hydrogen (secondary N) is 3. The molecule has 1 aromatic rings. The molecule has 4 atom stereocenters. The molecule has 3 N–H and O–H groups in total. The second-order valence-corrected chi connectivity index (χ2v) is 13.5. The van der Waals surface area contributed by atoms with Gasteiger partial charge in [-0.3, -0.25) is 14.4 Å². The van der Waals surface area contributed by atoms with E-state index < -0.39 is 23.5 Å². The second-order valence-electron chi connectivity index (χ2n) is 13.5. The van der Waals surface area contributed by atoms with Crippen LogP contribution in [0.5, 0.6) is 0 Å². The van der Waals surface area contributed by atoms with Gasteiger partial charge in [-0.25, -0.2) is 0 Å².